The molecule has 16 heavy (non-hydrogen) atoms. The van der Waals surface area contributed by atoms with Crippen LogP contribution in [-0.2, 0) is 0 Å². The Kier molecular flexibility index (Phi) is 2.23. The van der Waals surface area contributed by atoms with Crippen LogP contribution in [0.4, 0.5) is 10.9 Å². The van der Waals surface area contributed by atoms with Gasteiger partial charge in [-0.25, -0.2) is 9.97 Å². The molecule has 0 radical (unpaired) electrons. The second-order valence-corrected chi connectivity index (χ2v) is 4.10. The van der Waals surface area contributed by atoms with Gasteiger partial charge in [-0.3, -0.25) is 4.98 Å². The zero-order valence-electron chi connectivity index (χ0n) is 8.29. The van der Waals surface area contributed by atoms with E-state index in [2.05, 4.69) is 20.3 Å². The predicted octanol–water partition coefficient (Wildman–Crippen LogP) is 2.83. The Bertz CT molecular complexity index is 606. The lowest BCUT2D eigenvalue weighted by molar-refractivity contribution is 1.27. The quantitative estimate of drug-likeness (QED) is 0.732. The molecule has 0 aliphatic carbocycles. The van der Waals surface area contributed by atoms with Crippen molar-refractivity contribution in [1.29, 1.82) is 0 Å². The average molecular weight is 228 g/mol. The molecule has 5 heteroatoms. The van der Waals surface area contributed by atoms with Crippen LogP contribution in [0.2, 0.25) is 0 Å². The summed E-state index contributed by atoms with van der Waals surface area (Å²) in [4.78, 5) is 12.9. The van der Waals surface area contributed by atoms with Crippen LogP contribution in [0.1, 0.15) is 0 Å². The molecule has 1 aromatic carbocycles. The van der Waals surface area contributed by atoms with Crippen molar-refractivity contribution < 1.29 is 0 Å². The molecule has 3 rings (SSSR count). The molecule has 78 valence electrons. The van der Waals surface area contributed by atoms with Crippen LogP contribution >= 0.6 is 11.3 Å². The van der Waals surface area contributed by atoms with Crippen molar-refractivity contribution in [3.63, 3.8) is 0 Å². The van der Waals surface area contributed by atoms with E-state index in [4.69, 9.17) is 0 Å². The van der Waals surface area contributed by atoms with Crippen molar-refractivity contribution in [2.24, 2.45) is 0 Å². The molecule has 0 fully saturated rings. The highest BCUT2D eigenvalue weighted by atomic mass is 32.1. The highest BCUT2D eigenvalue weighted by molar-refractivity contribution is 7.13. The fourth-order valence-corrected chi connectivity index (χ4v) is 1.95. The topological polar surface area (TPSA) is 50.7 Å². The lowest BCUT2D eigenvalue weighted by Gasteiger charge is -2.02. The van der Waals surface area contributed by atoms with Crippen LogP contribution in [-0.4, -0.2) is 15.0 Å². The number of nitrogens with zero attached hydrogens (tertiary/aromatic N) is 3. The monoisotopic (exact) mass is 228 g/mol. The number of para-hydroxylation sites is 2. The molecule has 3 aromatic rings. The lowest BCUT2D eigenvalue weighted by atomic mass is 10.3. The van der Waals surface area contributed by atoms with E-state index in [9.17, 15) is 0 Å². The first-order valence-electron chi connectivity index (χ1n) is 4.80. The Hall–Kier alpha value is -2.01. The Balaban J connectivity index is 1.99. The van der Waals surface area contributed by atoms with Crippen molar-refractivity contribution in [3.8, 4) is 0 Å². The van der Waals surface area contributed by atoms with Crippen molar-refractivity contribution in [3.05, 3.63) is 42.0 Å². The van der Waals surface area contributed by atoms with E-state index >= 15 is 0 Å². The van der Waals surface area contributed by atoms with Crippen LogP contribution in [0.15, 0.2) is 42.0 Å². The Morgan fingerprint density at radius 3 is 2.75 bits per heavy atom. The number of nitrogens with one attached hydrogen (secondary N) is 1. The summed E-state index contributed by atoms with van der Waals surface area (Å²) in [5.74, 6) is 0.716. The van der Waals surface area contributed by atoms with Gasteiger partial charge in [0, 0.05) is 11.6 Å². The maximum absolute atomic E-state index is 4.44. The van der Waals surface area contributed by atoms with Gasteiger partial charge in [0.15, 0.2) is 10.9 Å². The molecule has 0 bridgehead atoms. The maximum atomic E-state index is 4.44. The van der Waals surface area contributed by atoms with Crippen LogP contribution < -0.4 is 5.32 Å². The number of thiazole rings is 1. The highest BCUT2D eigenvalue weighted by Gasteiger charge is 2.00. The third-order valence-electron chi connectivity index (χ3n) is 2.12. The van der Waals surface area contributed by atoms with Crippen molar-refractivity contribution in [1.82, 2.24) is 15.0 Å². The van der Waals surface area contributed by atoms with E-state index < -0.39 is 0 Å². The molecule has 0 atom stereocenters. The molecule has 0 spiro atoms. The fourth-order valence-electron chi connectivity index (χ4n) is 1.41. The zero-order chi connectivity index (χ0) is 10.8. The normalized spacial score (nSPS) is 10.5. The molecule has 0 aliphatic rings. The van der Waals surface area contributed by atoms with Gasteiger partial charge in [0.2, 0.25) is 0 Å². The smallest absolute Gasteiger partial charge is 0.188 e. The van der Waals surface area contributed by atoms with E-state index in [1.54, 1.807) is 12.4 Å². The third-order valence-corrected chi connectivity index (χ3v) is 2.80. The number of hydrogen-bond acceptors (Lipinski definition) is 5. The minimum atomic E-state index is 0.716. The number of rotatable bonds is 2. The summed E-state index contributed by atoms with van der Waals surface area (Å²) in [5, 5.41) is 5.85. The zero-order valence-corrected chi connectivity index (χ0v) is 9.11. The summed E-state index contributed by atoms with van der Waals surface area (Å²) < 4.78 is 0. The molecule has 0 unspecified atom stereocenters. The number of aromatic nitrogens is 3. The fraction of sp³-hybridized carbons (Fsp3) is 0. The summed E-state index contributed by atoms with van der Waals surface area (Å²) in [6, 6.07) is 7.78. The highest BCUT2D eigenvalue weighted by Crippen LogP contribution is 2.18. The minimum Gasteiger partial charge on any atom is -0.315 e. The lowest BCUT2D eigenvalue weighted by Crippen LogP contribution is -1.94. The van der Waals surface area contributed by atoms with E-state index in [1.807, 2.05) is 29.6 Å². The predicted molar refractivity (Wildman–Crippen MR) is 64.9 cm³/mol. The van der Waals surface area contributed by atoms with Gasteiger partial charge in [0.25, 0.3) is 0 Å². The van der Waals surface area contributed by atoms with Crippen molar-refractivity contribution in [2.45, 2.75) is 0 Å². The molecule has 0 saturated heterocycles. The molecule has 0 amide bonds. The number of benzene rings is 1. The number of anilines is 2. The standard InChI is InChI=1S/C11H8N4S/c1-2-4-9-8(3-1)13-7-10(14-9)15-11-12-5-6-16-11/h1-7H,(H,12,14,15). The van der Waals surface area contributed by atoms with Gasteiger partial charge in [-0.1, -0.05) is 12.1 Å². The number of hydrogen-bond donors (Lipinski definition) is 1. The second kappa shape index (κ2) is 3.86. The maximum Gasteiger partial charge on any atom is 0.188 e. The average Bonchev–Trinajstić information content (AvgIpc) is 2.82. The van der Waals surface area contributed by atoms with Gasteiger partial charge in [0.05, 0.1) is 17.2 Å². The third kappa shape index (κ3) is 1.72. The van der Waals surface area contributed by atoms with Gasteiger partial charge in [-0.05, 0) is 12.1 Å². The molecule has 2 heterocycles. The Labute approximate surface area is 96.0 Å². The summed E-state index contributed by atoms with van der Waals surface area (Å²) in [5.41, 5.74) is 1.77. The molecule has 0 aliphatic heterocycles. The first kappa shape index (κ1) is 9.23. The molecular formula is C11H8N4S. The number of fused-ring (bicyclic) bond motifs is 1. The summed E-state index contributed by atoms with van der Waals surface area (Å²) in [6.07, 6.45) is 3.46. The summed E-state index contributed by atoms with van der Waals surface area (Å²) in [7, 11) is 0. The van der Waals surface area contributed by atoms with Gasteiger partial charge >= 0.3 is 0 Å². The first-order valence-corrected chi connectivity index (χ1v) is 5.68. The summed E-state index contributed by atoms with van der Waals surface area (Å²) >= 11 is 1.53. The van der Waals surface area contributed by atoms with Gasteiger partial charge in [0.1, 0.15) is 0 Å². The van der Waals surface area contributed by atoms with Crippen LogP contribution in [0.5, 0.6) is 0 Å². The second-order valence-electron chi connectivity index (χ2n) is 3.21. The Morgan fingerprint density at radius 1 is 1.06 bits per heavy atom. The molecule has 2 aromatic heterocycles. The first-order chi connectivity index (χ1) is 7.92. The van der Waals surface area contributed by atoms with Crippen LogP contribution in [0, 0.1) is 0 Å². The Morgan fingerprint density at radius 2 is 1.94 bits per heavy atom. The largest absolute Gasteiger partial charge is 0.315 e. The van der Waals surface area contributed by atoms with E-state index in [-0.39, 0.29) is 0 Å². The van der Waals surface area contributed by atoms with E-state index in [0.29, 0.717) is 5.82 Å². The van der Waals surface area contributed by atoms with E-state index in [0.717, 1.165) is 16.2 Å². The van der Waals surface area contributed by atoms with Crippen LogP contribution in [0.3, 0.4) is 0 Å². The summed E-state index contributed by atoms with van der Waals surface area (Å²) in [6.45, 7) is 0. The molecule has 4 nitrogen and oxygen atoms in total. The van der Waals surface area contributed by atoms with E-state index in [1.165, 1.54) is 11.3 Å². The van der Waals surface area contributed by atoms with Crippen LogP contribution in [0.25, 0.3) is 11.0 Å². The minimum absolute atomic E-state index is 0.716. The van der Waals surface area contributed by atoms with Gasteiger partial charge in [-0.15, -0.1) is 11.3 Å². The van der Waals surface area contributed by atoms with Crippen molar-refractivity contribution >= 4 is 33.3 Å². The van der Waals surface area contributed by atoms with Crippen molar-refractivity contribution in [2.75, 3.05) is 5.32 Å². The molecule has 0 saturated carbocycles. The molecular weight excluding hydrogens is 220 g/mol. The van der Waals surface area contributed by atoms with Gasteiger partial charge < -0.3 is 5.32 Å². The SMILES string of the molecule is c1ccc2nc(Nc3nccs3)cnc2c1. The van der Waals surface area contributed by atoms with Gasteiger partial charge in [-0.2, -0.15) is 0 Å². The molecule has 1 N–H and O–H groups in total.